The Balaban J connectivity index is 0.00000210. The van der Waals surface area contributed by atoms with E-state index in [1.54, 1.807) is 0 Å². The van der Waals surface area contributed by atoms with Crippen molar-refractivity contribution in [1.82, 2.24) is 14.7 Å². The van der Waals surface area contributed by atoms with Gasteiger partial charge in [0.15, 0.2) is 0 Å². The van der Waals surface area contributed by atoms with Crippen LogP contribution in [0.25, 0.3) is 0 Å². The molecular formula is C21H36Cl2N4O2. The second kappa shape index (κ2) is 13.4. The number of piperidine rings is 1. The minimum Gasteiger partial charge on any atom is -0.378 e. The number of halogens is 2. The number of ether oxygens (including phenoxy) is 1. The molecule has 2 fully saturated rings. The first-order valence-corrected chi connectivity index (χ1v) is 10.3. The number of rotatable bonds is 7. The maximum absolute atomic E-state index is 13.5. The average Bonchev–Trinajstić information content (AvgIpc) is 2.71. The lowest BCUT2D eigenvalue weighted by molar-refractivity contribution is -0.140. The Labute approximate surface area is 187 Å². The summed E-state index contributed by atoms with van der Waals surface area (Å²) in [6.45, 7) is 6.83. The number of amides is 1. The molecule has 1 aromatic rings. The van der Waals surface area contributed by atoms with Gasteiger partial charge in [-0.2, -0.15) is 0 Å². The minimum atomic E-state index is -0.172. The molecule has 0 aliphatic carbocycles. The van der Waals surface area contributed by atoms with Crippen molar-refractivity contribution in [1.29, 1.82) is 0 Å². The Bertz CT molecular complexity index is 577. The molecule has 8 heteroatoms. The lowest BCUT2D eigenvalue weighted by Crippen LogP contribution is -2.52. The van der Waals surface area contributed by atoms with Crippen LogP contribution in [0, 0.1) is 0 Å². The number of hydrogen-bond donors (Lipinski definition) is 1. The third-order valence-corrected chi connectivity index (χ3v) is 5.71. The molecule has 0 saturated carbocycles. The first kappa shape index (κ1) is 26.1. The summed E-state index contributed by atoms with van der Waals surface area (Å²) in [5.41, 5.74) is 6.64. The van der Waals surface area contributed by atoms with Gasteiger partial charge in [0.2, 0.25) is 5.91 Å². The van der Waals surface area contributed by atoms with Crippen molar-refractivity contribution in [2.75, 3.05) is 59.5 Å². The fraction of sp³-hybridized carbons (Fsp3) is 0.667. The summed E-state index contributed by atoms with van der Waals surface area (Å²) in [4.78, 5) is 20.2. The summed E-state index contributed by atoms with van der Waals surface area (Å²) >= 11 is 0. The molecule has 2 aliphatic rings. The molecule has 1 atom stereocenters. The summed E-state index contributed by atoms with van der Waals surface area (Å²) in [6.07, 6.45) is 3.00. The van der Waals surface area contributed by atoms with Crippen LogP contribution < -0.4 is 5.73 Å². The van der Waals surface area contributed by atoms with Crippen LogP contribution in [0.2, 0.25) is 0 Å². The number of nitrogens with zero attached hydrogens (tertiary/aromatic N) is 3. The molecule has 0 radical (unpaired) electrons. The Morgan fingerprint density at radius 3 is 2.28 bits per heavy atom. The van der Waals surface area contributed by atoms with Crippen LogP contribution in [0.5, 0.6) is 0 Å². The van der Waals surface area contributed by atoms with Gasteiger partial charge in [0.1, 0.15) is 6.04 Å². The van der Waals surface area contributed by atoms with Gasteiger partial charge in [-0.15, -0.1) is 24.8 Å². The predicted molar refractivity (Wildman–Crippen MR) is 122 cm³/mol. The van der Waals surface area contributed by atoms with Crippen molar-refractivity contribution in [2.24, 2.45) is 5.73 Å². The van der Waals surface area contributed by atoms with Gasteiger partial charge < -0.3 is 20.3 Å². The number of likely N-dealkylation sites (tertiary alicyclic amines) is 1. The van der Waals surface area contributed by atoms with Crippen molar-refractivity contribution in [3.05, 3.63) is 35.9 Å². The SMILES string of the molecule is CN1CCN(C(C(=O)N2CCC(OCCCN)CC2)c2ccccc2)CC1.Cl.Cl. The van der Waals surface area contributed by atoms with Crippen LogP contribution in [-0.4, -0.2) is 86.2 Å². The highest BCUT2D eigenvalue weighted by Crippen LogP contribution is 2.26. The number of benzene rings is 1. The van der Waals surface area contributed by atoms with Crippen LogP contribution in [0.4, 0.5) is 0 Å². The molecular weight excluding hydrogens is 411 g/mol. The van der Waals surface area contributed by atoms with Gasteiger partial charge in [-0.25, -0.2) is 0 Å². The van der Waals surface area contributed by atoms with E-state index in [1.807, 2.05) is 23.1 Å². The third-order valence-electron chi connectivity index (χ3n) is 5.71. The number of piperazine rings is 1. The molecule has 1 unspecified atom stereocenters. The maximum Gasteiger partial charge on any atom is 0.244 e. The van der Waals surface area contributed by atoms with E-state index in [4.69, 9.17) is 10.5 Å². The van der Waals surface area contributed by atoms with Crippen molar-refractivity contribution in [2.45, 2.75) is 31.4 Å². The number of carbonyl (C=O) groups excluding carboxylic acids is 1. The molecule has 2 aliphatic heterocycles. The molecule has 6 nitrogen and oxygen atoms in total. The summed E-state index contributed by atoms with van der Waals surface area (Å²) in [6, 6.07) is 10.1. The van der Waals surface area contributed by atoms with Gasteiger partial charge in [0.05, 0.1) is 6.10 Å². The fourth-order valence-electron chi connectivity index (χ4n) is 3.97. The zero-order valence-electron chi connectivity index (χ0n) is 17.4. The second-order valence-electron chi connectivity index (χ2n) is 7.69. The standard InChI is InChI=1S/C21H34N4O2.2ClH/c1-23-13-15-24(16-14-23)20(18-6-3-2-4-7-18)21(26)25-11-8-19(9-12-25)27-17-5-10-22;;/h2-4,6-7,19-20H,5,8-17,22H2,1H3;2*1H. The van der Waals surface area contributed by atoms with E-state index in [2.05, 4.69) is 29.0 Å². The molecule has 2 heterocycles. The molecule has 0 spiro atoms. The van der Waals surface area contributed by atoms with Gasteiger partial charge in [-0.05, 0) is 38.4 Å². The molecule has 166 valence electrons. The number of nitrogens with two attached hydrogens (primary N) is 1. The second-order valence-corrected chi connectivity index (χ2v) is 7.69. The zero-order valence-corrected chi connectivity index (χ0v) is 19.0. The van der Waals surface area contributed by atoms with Crippen LogP contribution in [0.3, 0.4) is 0 Å². The smallest absolute Gasteiger partial charge is 0.244 e. The first-order valence-electron chi connectivity index (χ1n) is 10.3. The molecule has 0 aromatic heterocycles. The predicted octanol–water partition coefficient (Wildman–Crippen LogP) is 2.18. The number of carbonyl (C=O) groups is 1. The average molecular weight is 447 g/mol. The van der Waals surface area contributed by atoms with E-state index >= 15 is 0 Å². The molecule has 1 aromatic carbocycles. The zero-order chi connectivity index (χ0) is 19.1. The van der Waals surface area contributed by atoms with E-state index in [0.717, 1.165) is 70.7 Å². The quantitative estimate of drug-likeness (QED) is 0.650. The number of likely N-dealkylation sites (N-methyl/N-ethyl adjacent to an activating group) is 1. The van der Waals surface area contributed by atoms with Crippen LogP contribution >= 0.6 is 24.8 Å². The minimum absolute atomic E-state index is 0. The first-order chi connectivity index (χ1) is 13.2. The highest BCUT2D eigenvalue weighted by molar-refractivity contribution is 5.85. The van der Waals surface area contributed by atoms with Crippen molar-refractivity contribution in [3.63, 3.8) is 0 Å². The van der Waals surface area contributed by atoms with Crippen molar-refractivity contribution < 1.29 is 9.53 Å². The van der Waals surface area contributed by atoms with Gasteiger partial charge in [-0.1, -0.05) is 30.3 Å². The molecule has 29 heavy (non-hydrogen) atoms. The van der Waals surface area contributed by atoms with Crippen LogP contribution in [0.1, 0.15) is 30.9 Å². The maximum atomic E-state index is 13.5. The van der Waals surface area contributed by atoms with Gasteiger partial charge in [0.25, 0.3) is 0 Å². The largest absolute Gasteiger partial charge is 0.378 e. The van der Waals surface area contributed by atoms with Crippen molar-refractivity contribution >= 4 is 30.7 Å². The van der Waals surface area contributed by atoms with Crippen LogP contribution in [0.15, 0.2) is 30.3 Å². The monoisotopic (exact) mass is 446 g/mol. The molecule has 3 rings (SSSR count). The van der Waals surface area contributed by atoms with E-state index in [9.17, 15) is 4.79 Å². The highest BCUT2D eigenvalue weighted by Gasteiger charge is 2.34. The summed E-state index contributed by atoms with van der Waals surface area (Å²) in [7, 11) is 2.14. The third kappa shape index (κ3) is 7.39. The Kier molecular flexibility index (Phi) is 12.1. The van der Waals surface area contributed by atoms with E-state index in [1.165, 1.54) is 0 Å². The Morgan fingerprint density at radius 1 is 1.07 bits per heavy atom. The Morgan fingerprint density at radius 2 is 1.69 bits per heavy atom. The number of hydrogen-bond acceptors (Lipinski definition) is 5. The van der Waals surface area contributed by atoms with Crippen LogP contribution in [-0.2, 0) is 9.53 Å². The molecule has 2 N–H and O–H groups in total. The van der Waals surface area contributed by atoms with Gasteiger partial charge >= 0.3 is 0 Å². The normalized spacial score (nSPS) is 19.9. The van der Waals surface area contributed by atoms with E-state index < -0.39 is 0 Å². The van der Waals surface area contributed by atoms with Crippen molar-refractivity contribution in [3.8, 4) is 0 Å². The van der Waals surface area contributed by atoms with Gasteiger partial charge in [0, 0.05) is 45.9 Å². The highest BCUT2D eigenvalue weighted by atomic mass is 35.5. The summed E-state index contributed by atoms with van der Waals surface area (Å²) in [5.74, 6) is 0.242. The Hall–Kier alpha value is -0.890. The van der Waals surface area contributed by atoms with Gasteiger partial charge in [-0.3, -0.25) is 9.69 Å². The molecule has 0 bridgehead atoms. The topological polar surface area (TPSA) is 62.0 Å². The molecule has 1 amide bonds. The lowest BCUT2D eigenvalue weighted by Gasteiger charge is -2.41. The summed E-state index contributed by atoms with van der Waals surface area (Å²) < 4.78 is 5.89. The molecule has 2 saturated heterocycles. The summed E-state index contributed by atoms with van der Waals surface area (Å²) in [5, 5.41) is 0. The van der Waals surface area contributed by atoms with E-state index in [-0.39, 0.29) is 42.9 Å². The van der Waals surface area contributed by atoms with E-state index in [0.29, 0.717) is 6.54 Å². The lowest BCUT2D eigenvalue weighted by atomic mass is 10.0. The fourth-order valence-corrected chi connectivity index (χ4v) is 3.97.